The molecule has 1 amide bonds. The minimum atomic E-state index is -2.33. The molecule has 198 valence electrons. The number of ketones is 2. The number of methoxy groups -OCH3 is 1. The Morgan fingerprint density at radius 3 is 2.49 bits per heavy atom. The van der Waals surface area contributed by atoms with Crippen LogP contribution in [0.4, 0.5) is 0 Å². The highest BCUT2D eigenvalue weighted by molar-refractivity contribution is 6.04. The second kappa shape index (κ2) is 11.6. The van der Waals surface area contributed by atoms with Crippen LogP contribution in [0.1, 0.15) is 52.0 Å². The van der Waals surface area contributed by atoms with Gasteiger partial charge in [-0.05, 0) is 72.1 Å². The zero-order chi connectivity index (χ0) is 27.3. The third-order valence-electron chi connectivity index (χ3n) is 7.04. The Hall–Kier alpha value is -3.60. The van der Waals surface area contributed by atoms with Crippen molar-refractivity contribution in [2.45, 2.75) is 37.7 Å². The van der Waals surface area contributed by atoms with Gasteiger partial charge < -0.3 is 30.9 Å². The van der Waals surface area contributed by atoms with E-state index in [1.165, 1.54) is 13.2 Å². The number of phenols is 1. The van der Waals surface area contributed by atoms with Crippen LogP contribution < -0.4 is 10.5 Å². The van der Waals surface area contributed by atoms with Crippen LogP contribution in [-0.4, -0.2) is 70.1 Å². The van der Waals surface area contributed by atoms with E-state index in [9.17, 15) is 39.6 Å². The molecule has 6 N–H and O–H groups in total. The van der Waals surface area contributed by atoms with Gasteiger partial charge in [0.25, 0.3) is 0 Å². The fourth-order valence-electron chi connectivity index (χ4n) is 5.18. The summed E-state index contributed by atoms with van der Waals surface area (Å²) in [6.07, 6.45) is 0.117. The number of Topliss-reactive ketones (excluding diaryl/α,β-unsaturated/α-hetero) is 2. The van der Waals surface area contributed by atoms with Crippen LogP contribution in [0, 0.1) is 11.8 Å². The number of amides is 1. The number of rotatable bonds is 12. The molecule has 0 bridgehead atoms. The Bertz CT molecular complexity index is 1210. The second-order valence-electron chi connectivity index (χ2n) is 9.35. The Morgan fingerprint density at radius 2 is 1.89 bits per heavy atom. The van der Waals surface area contributed by atoms with Crippen LogP contribution in [0.2, 0.25) is 0 Å². The van der Waals surface area contributed by atoms with Gasteiger partial charge in [0, 0.05) is 18.6 Å². The Labute approximate surface area is 213 Å². The molecule has 0 aromatic heterocycles. The molecule has 10 heteroatoms. The number of benzene rings is 2. The Balaban J connectivity index is 2.02. The number of carbonyl (C=O) groups is 4. The van der Waals surface area contributed by atoms with Crippen LogP contribution in [0.3, 0.4) is 0 Å². The number of carbonyl (C=O) groups excluding carboxylic acids is 4. The molecule has 2 aromatic rings. The maximum absolute atomic E-state index is 13.2. The number of aldehydes is 1. The lowest BCUT2D eigenvalue weighted by atomic mass is 9.70. The van der Waals surface area contributed by atoms with Crippen LogP contribution in [0.25, 0.3) is 11.1 Å². The first-order valence-electron chi connectivity index (χ1n) is 11.9. The molecule has 3 rings (SSSR count). The molecule has 0 saturated carbocycles. The average molecular weight is 514 g/mol. The molecule has 3 atom stereocenters. The van der Waals surface area contributed by atoms with E-state index in [4.69, 9.17) is 10.5 Å². The van der Waals surface area contributed by atoms with E-state index in [1.807, 2.05) is 0 Å². The van der Waals surface area contributed by atoms with Crippen molar-refractivity contribution in [3.63, 3.8) is 0 Å². The predicted molar refractivity (Wildman–Crippen MR) is 132 cm³/mol. The van der Waals surface area contributed by atoms with Crippen LogP contribution in [0.15, 0.2) is 30.3 Å². The number of ether oxygens (including phenoxy) is 1. The van der Waals surface area contributed by atoms with E-state index in [1.54, 1.807) is 24.3 Å². The standard InChI is InChI=1S/C27H31NO9/c1-37-18-2-3-19(16(11-18)13-30)20-4-5-22(32)26-21(20)9-15(10-23(26)33)8-17(6-7-29)27(36,14-31)24(34)12-25(28)35/h2-5,11,13,15,17,29,31-32,36H,6-10,12,14H2,1H3,(H2,28,35)/t15-,17-,27-/m1/s1. The van der Waals surface area contributed by atoms with Gasteiger partial charge in [-0.15, -0.1) is 0 Å². The van der Waals surface area contributed by atoms with Gasteiger partial charge in [0.05, 0.1) is 25.7 Å². The monoisotopic (exact) mass is 513 g/mol. The number of hydrogen-bond acceptors (Lipinski definition) is 9. The summed E-state index contributed by atoms with van der Waals surface area (Å²) in [6, 6.07) is 7.93. The molecule has 37 heavy (non-hydrogen) atoms. The van der Waals surface area contributed by atoms with Crippen molar-refractivity contribution in [2.75, 3.05) is 20.3 Å². The molecule has 0 unspecified atom stereocenters. The zero-order valence-electron chi connectivity index (χ0n) is 20.5. The number of aliphatic hydroxyl groups excluding tert-OH is 2. The maximum atomic E-state index is 13.2. The molecule has 0 aliphatic heterocycles. The summed E-state index contributed by atoms with van der Waals surface area (Å²) in [7, 11) is 1.47. The lowest BCUT2D eigenvalue weighted by molar-refractivity contribution is -0.153. The van der Waals surface area contributed by atoms with Crippen LogP contribution >= 0.6 is 0 Å². The van der Waals surface area contributed by atoms with E-state index in [2.05, 4.69) is 0 Å². The highest BCUT2D eigenvalue weighted by atomic mass is 16.5. The Morgan fingerprint density at radius 1 is 1.19 bits per heavy atom. The molecule has 0 heterocycles. The number of phenolic OH excluding ortho intramolecular Hbond substituents is 1. The van der Waals surface area contributed by atoms with E-state index in [-0.39, 0.29) is 42.8 Å². The molecule has 0 spiro atoms. The Kier molecular flexibility index (Phi) is 8.80. The number of nitrogens with two attached hydrogens (primary N) is 1. The smallest absolute Gasteiger partial charge is 0.224 e. The van der Waals surface area contributed by atoms with Gasteiger partial charge in [0.15, 0.2) is 17.9 Å². The molecule has 0 saturated heterocycles. The minimum Gasteiger partial charge on any atom is -0.507 e. The number of primary amides is 1. The number of hydrogen-bond donors (Lipinski definition) is 5. The fraction of sp³-hybridized carbons (Fsp3) is 0.407. The quantitative estimate of drug-likeness (QED) is 0.205. The normalized spacial score (nSPS) is 17.4. The molecule has 10 nitrogen and oxygen atoms in total. The van der Waals surface area contributed by atoms with Crippen molar-refractivity contribution in [3.8, 4) is 22.6 Å². The SMILES string of the molecule is COc1ccc(-c2ccc(O)c3c2C[C@@H](C[C@@H](CCO)[C@](O)(CO)C(=O)CC(N)=O)CC3=O)c(C=O)c1. The first-order chi connectivity index (χ1) is 17.6. The van der Waals surface area contributed by atoms with Gasteiger partial charge in [-0.3, -0.25) is 19.2 Å². The highest BCUT2D eigenvalue weighted by Crippen LogP contribution is 2.42. The summed E-state index contributed by atoms with van der Waals surface area (Å²) in [5, 5.41) is 41.0. The number of aliphatic hydroxyl groups is 3. The van der Waals surface area contributed by atoms with Crippen LogP contribution in [0.5, 0.6) is 11.5 Å². The summed E-state index contributed by atoms with van der Waals surface area (Å²) < 4.78 is 5.19. The van der Waals surface area contributed by atoms with Gasteiger partial charge in [0.1, 0.15) is 17.1 Å². The summed E-state index contributed by atoms with van der Waals surface area (Å²) in [6.45, 7) is -1.39. The summed E-state index contributed by atoms with van der Waals surface area (Å²) in [5.74, 6) is -3.41. The third-order valence-corrected chi connectivity index (χ3v) is 7.04. The second-order valence-corrected chi connectivity index (χ2v) is 9.35. The fourth-order valence-corrected chi connectivity index (χ4v) is 5.18. The summed E-state index contributed by atoms with van der Waals surface area (Å²) >= 11 is 0. The van der Waals surface area contributed by atoms with E-state index in [0.29, 0.717) is 34.3 Å². The molecular weight excluding hydrogens is 482 g/mol. The third kappa shape index (κ3) is 5.71. The summed E-state index contributed by atoms with van der Waals surface area (Å²) in [4.78, 5) is 48.9. The largest absolute Gasteiger partial charge is 0.507 e. The van der Waals surface area contributed by atoms with Crippen molar-refractivity contribution in [1.29, 1.82) is 0 Å². The molecule has 1 aliphatic rings. The van der Waals surface area contributed by atoms with Gasteiger partial charge in [-0.2, -0.15) is 0 Å². The topological polar surface area (TPSA) is 184 Å². The molecular formula is C27H31NO9. The molecule has 0 radical (unpaired) electrons. The first-order valence-corrected chi connectivity index (χ1v) is 11.9. The van der Waals surface area contributed by atoms with Gasteiger partial charge in [-0.1, -0.05) is 6.07 Å². The van der Waals surface area contributed by atoms with Gasteiger partial charge in [0.2, 0.25) is 5.91 Å². The number of fused-ring (bicyclic) bond motifs is 1. The summed E-state index contributed by atoms with van der Waals surface area (Å²) in [5.41, 5.74) is 4.85. The molecule has 2 aromatic carbocycles. The van der Waals surface area contributed by atoms with Gasteiger partial charge >= 0.3 is 0 Å². The molecule has 0 fully saturated rings. The van der Waals surface area contributed by atoms with Crippen molar-refractivity contribution < 1.29 is 44.3 Å². The lowest BCUT2D eigenvalue weighted by Gasteiger charge is -2.36. The first kappa shape index (κ1) is 28.0. The highest BCUT2D eigenvalue weighted by Gasteiger charge is 2.45. The lowest BCUT2D eigenvalue weighted by Crippen LogP contribution is -2.51. The van der Waals surface area contributed by atoms with Crippen molar-refractivity contribution >= 4 is 23.8 Å². The maximum Gasteiger partial charge on any atom is 0.224 e. The van der Waals surface area contributed by atoms with Crippen LogP contribution in [-0.2, 0) is 16.0 Å². The van der Waals surface area contributed by atoms with E-state index in [0.717, 1.165) is 0 Å². The predicted octanol–water partition coefficient (Wildman–Crippen LogP) is 1.18. The number of aromatic hydroxyl groups is 1. The van der Waals surface area contributed by atoms with Crippen molar-refractivity contribution in [3.05, 3.63) is 47.0 Å². The van der Waals surface area contributed by atoms with Crippen molar-refractivity contribution in [1.82, 2.24) is 0 Å². The minimum absolute atomic E-state index is 0.0133. The van der Waals surface area contributed by atoms with E-state index < -0.39 is 48.8 Å². The zero-order valence-corrected chi connectivity index (χ0v) is 20.5. The van der Waals surface area contributed by atoms with E-state index >= 15 is 0 Å². The molecule has 1 aliphatic carbocycles. The van der Waals surface area contributed by atoms with Crippen molar-refractivity contribution in [2.24, 2.45) is 17.6 Å². The van der Waals surface area contributed by atoms with Gasteiger partial charge in [-0.25, -0.2) is 0 Å². The average Bonchev–Trinajstić information content (AvgIpc) is 2.87.